The minimum atomic E-state index is -0.516. The molecule has 0 fully saturated rings. The number of alkyl carbamates (subject to hydrolysis) is 1. The van der Waals surface area contributed by atoms with Gasteiger partial charge in [-0.3, -0.25) is 0 Å². The molecule has 0 aliphatic heterocycles. The van der Waals surface area contributed by atoms with Crippen molar-refractivity contribution >= 4 is 17.0 Å². The Hall–Kier alpha value is -2.79. The maximum atomic E-state index is 12.1. The number of rotatable bonds is 6. The van der Waals surface area contributed by atoms with Gasteiger partial charge >= 0.3 is 6.09 Å². The normalized spacial score (nSPS) is 12.7. The number of carbonyl (C=O) groups excluding carboxylic acids is 1. The number of nitrogens with one attached hydrogen (secondary N) is 3. The van der Waals surface area contributed by atoms with Gasteiger partial charge in [0.25, 0.3) is 0 Å². The summed E-state index contributed by atoms with van der Waals surface area (Å²) in [5.74, 6) is 0. The van der Waals surface area contributed by atoms with E-state index in [4.69, 9.17) is 4.74 Å². The molecule has 1 amide bonds. The molecule has 0 radical (unpaired) electrons. The van der Waals surface area contributed by atoms with Crippen molar-refractivity contribution < 1.29 is 9.53 Å². The van der Waals surface area contributed by atoms with Crippen LogP contribution in [0.4, 0.5) is 4.79 Å². The van der Waals surface area contributed by atoms with E-state index in [1.807, 2.05) is 63.4 Å². The largest absolute Gasteiger partial charge is 0.444 e. The average Bonchev–Trinajstić information content (AvgIpc) is 3.05. The maximum absolute atomic E-state index is 12.1. The molecule has 0 bridgehead atoms. The summed E-state index contributed by atoms with van der Waals surface area (Å²) < 4.78 is 5.37. The standard InChI is InChI=1S/C22H27N3O2/c1-22(2,3)27-21(26)25-15-20(23-13-16-9-5-4-6-10-16)18-14-24-19-12-8-7-11-17(18)19/h4-12,14,20,23-24H,13,15H2,1-3H3,(H,25,26). The molecule has 0 aliphatic carbocycles. The van der Waals surface area contributed by atoms with E-state index in [2.05, 4.69) is 33.8 Å². The highest BCUT2D eigenvalue weighted by molar-refractivity contribution is 5.83. The van der Waals surface area contributed by atoms with Gasteiger partial charge < -0.3 is 20.4 Å². The second kappa shape index (κ2) is 8.27. The Balaban J connectivity index is 1.75. The molecule has 3 rings (SSSR count). The summed E-state index contributed by atoms with van der Waals surface area (Å²) in [7, 11) is 0. The molecule has 1 aromatic heterocycles. The molecule has 2 aromatic carbocycles. The van der Waals surface area contributed by atoms with E-state index >= 15 is 0 Å². The Morgan fingerprint density at radius 1 is 1.07 bits per heavy atom. The molecule has 5 heteroatoms. The number of aromatic nitrogens is 1. The summed E-state index contributed by atoms with van der Waals surface area (Å²) >= 11 is 0. The van der Waals surface area contributed by atoms with Crippen LogP contribution in [-0.4, -0.2) is 23.2 Å². The lowest BCUT2D eigenvalue weighted by Crippen LogP contribution is -2.38. The van der Waals surface area contributed by atoms with E-state index in [-0.39, 0.29) is 6.04 Å². The highest BCUT2D eigenvalue weighted by Crippen LogP contribution is 2.24. The first-order valence-electron chi connectivity index (χ1n) is 9.22. The van der Waals surface area contributed by atoms with E-state index in [0.29, 0.717) is 13.1 Å². The van der Waals surface area contributed by atoms with Crippen molar-refractivity contribution in [2.24, 2.45) is 0 Å². The summed E-state index contributed by atoms with van der Waals surface area (Å²) in [5, 5.41) is 7.60. The number of aromatic amines is 1. The molecule has 0 saturated carbocycles. The van der Waals surface area contributed by atoms with E-state index < -0.39 is 11.7 Å². The maximum Gasteiger partial charge on any atom is 0.407 e. The van der Waals surface area contributed by atoms with Gasteiger partial charge in [0.2, 0.25) is 0 Å². The second-order valence-electron chi connectivity index (χ2n) is 7.59. The number of fused-ring (bicyclic) bond motifs is 1. The molecule has 1 atom stereocenters. The fourth-order valence-electron chi connectivity index (χ4n) is 3.01. The summed E-state index contributed by atoms with van der Waals surface area (Å²) in [6, 6.07) is 18.3. The van der Waals surface area contributed by atoms with E-state index in [0.717, 1.165) is 16.5 Å². The Morgan fingerprint density at radius 3 is 2.52 bits per heavy atom. The van der Waals surface area contributed by atoms with Crippen molar-refractivity contribution in [3.8, 4) is 0 Å². The van der Waals surface area contributed by atoms with Crippen molar-refractivity contribution in [1.29, 1.82) is 0 Å². The van der Waals surface area contributed by atoms with Crippen LogP contribution >= 0.6 is 0 Å². The number of benzene rings is 2. The molecule has 0 spiro atoms. The van der Waals surface area contributed by atoms with Crippen LogP contribution in [0.15, 0.2) is 60.8 Å². The zero-order valence-corrected chi connectivity index (χ0v) is 16.1. The Morgan fingerprint density at radius 2 is 1.78 bits per heavy atom. The van der Waals surface area contributed by atoms with Crippen LogP contribution in [0.2, 0.25) is 0 Å². The number of hydrogen-bond acceptors (Lipinski definition) is 3. The highest BCUT2D eigenvalue weighted by atomic mass is 16.6. The molecular weight excluding hydrogens is 338 g/mol. The summed E-state index contributed by atoms with van der Waals surface area (Å²) in [6.45, 7) is 6.72. The fraction of sp³-hybridized carbons (Fsp3) is 0.318. The lowest BCUT2D eigenvalue weighted by molar-refractivity contribution is 0.0522. The monoisotopic (exact) mass is 365 g/mol. The van der Waals surface area contributed by atoms with Crippen LogP contribution in [-0.2, 0) is 11.3 Å². The lowest BCUT2D eigenvalue weighted by atomic mass is 10.1. The van der Waals surface area contributed by atoms with Gasteiger partial charge in [0.15, 0.2) is 0 Å². The summed E-state index contributed by atoms with van der Waals surface area (Å²) in [5.41, 5.74) is 2.88. The van der Waals surface area contributed by atoms with Crippen LogP contribution < -0.4 is 10.6 Å². The lowest BCUT2D eigenvalue weighted by Gasteiger charge is -2.23. The number of hydrogen-bond donors (Lipinski definition) is 3. The van der Waals surface area contributed by atoms with Gasteiger partial charge in [-0.2, -0.15) is 0 Å². The molecule has 3 N–H and O–H groups in total. The summed E-state index contributed by atoms with van der Waals surface area (Å²) in [6.07, 6.45) is 1.60. The SMILES string of the molecule is CC(C)(C)OC(=O)NCC(NCc1ccccc1)c1c[nH]c2ccccc12. The third kappa shape index (κ3) is 5.34. The van der Waals surface area contributed by atoms with Gasteiger partial charge in [0.05, 0.1) is 6.04 Å². The van der Waals surface area contributed by atoms with E-state index in [1.54, 1.807) is 0 Å². The van der Waals surface area contributed by atoms with Crippen LogP contribution in [0.1, 0.15) is 37.9 Å². The molecule has 1 unspecified atom stereocenters. The van der Waals surface area contributed by atoms with Crippen molar-refractivity contribution in [3.05, 3.63) is 71.9 Å². The minimum absolute atomic E-state index is 0.0473. The van der Waals surface area contributed by atoms with Gasteiger partial charge in [-0.25, -0.2) is 4.79 Å². The van der Waals surface area contributed by atoms with Gasteiger partial charge in [0.1, 0.15) is 5.60 Å². The minimum Gasteiger partial charge on any atom is -0.444 e. The third-order valence-corrected chi connectivity index (χ3v) is 4.24. The number of ether oxygens (including phenoxy) is 1. The predicted octanol–water partition coefficient (Wildman–Crippen LogP) is 4.52. The Kier molecular flexibility index (Phi) is 5.81. The summed E-state index contributed by atoms with van der Waals surface area (Å²) in [4.78, 5) is 15.4. The third-order valence-electron chi connectivity index (χ3n) is 4.24. The zero-order valence-electron chi connectivity index (χ0n) is 16.1. The second-order valence-corrected chi connectivity index (χ2v) is 7.59. The quantitative estimate of drug-likeness (QED) is 0.601. The van der Waals surface area contributed by atoms with Crippen molar-refractivity contribution in [2.45, 2.75) is 39.0 Å². The molecule has 27 heavy (non-hydrogen) atoms. The molecule has 0 saturated heterocycles. The molecule has 1 heterocycles. The highest BCUT2D eigenvalue weighted by Gasteiger charge is 2.20. The van der Waals surface area contributed by atoms with Crippen LogP contribution in [0.25, 0.3) is 10.9 Å². The van der Waals surface area contributed by atoms with E-state index in [9.17, 15) is 4.79 Å². The average molecular weight is 365 g/mol. The number of amides is 1. The molecule has 5 nitrogen and oxygen atoms in total. The first-order chi connectivity index (χ1) is 12.9. The van der Waals surface area contributed by atoms with Gasteiger partial charge in [-0.05, 0) is 38.0 Å². The first-order valence-corrected chi connectivity index (χ1v) is 9.22. The van der Waals surface area contributed by atoms with Crippen LogP contribution in [0.5, 0.6) is 0 Å². The Labute approximate surface area is 160 Å². The van der Waals surface area contributed by atoms with Crippen molar-refractivity contribution in [2.75, 3.05) is 6.54 Å². The van der Waals surface area contributed by atoms with Gasteiger partial charge in [-0.15, -0.1) is 0 Å². The van der Waals surface area contributed by atoms with Gasteiger partial charge in [-0.1, -0.05) is 48.5 Å². The predicted molar refractivity (Wildman–Crippen MR) is 109 cm³/mol. The topological polar surface area (TPSA) is 66.2 Å². The zero-order chi connectivity index (χ0) is 19.3. The van der Waals surface area contributed by atoms with Crippen LogP contribution in [0, 0.1) is 0 Å². The Bertz CT molecular complexity index is 881. The molecule has 0 aliphatic rings. The van der Waals surface area contributed by atoms with Crippen molar-refractivity contribution in [3.63, 3.8) is 0 Å². The molecule has 142 valence electrons. The smallest absolute Gasteiger partial charge is 0.407 e. The van der Waals surface area contributed by atoms with Gasteiger partial charge in [0, 0.05) is 30.2 Å². The van der Waals surface area contributed by atoms with Crippen molar-refractivity contribution in [1.82, 2.24) is 15.6 Å². The van der Waals surface area contributed by atoms with E-state index in [1.165, 1.54) is 5.56 Å². The first kappa shape index (κ1) is 19.0. The molecule has 3 aromatic rings. The van der Waals surface area contributed by atoms with Crippen LogP contribution in [0.3, 0.4) is 0 Å². The fourth-order valence-corrected chi connectivity index (χ4v) is 3.01. The number of H-pyrrole nitrogens is 1. The molecular formula is C22H27N3O2. The number of carbonyl (C=O) groups is 1. The number of para-hydroxylation sites is 1.